The minimum absolute atomic E-state index is 0.0925. The number of hydrogen-bond acceptors (Lipinski definition) is 4. The van der Waals surface area contributed by atoms with Crippen molar-refractivity contribution in [2.45, 2.75) is 12.3 Å². The Hall–Kier alpha value is -2.66. The smallest absolute Gasteiger partial charge is 0.329 e. The van der Waals surface area contributed by atoms with Gasteiger partial charge in [-0.3, -0.25) is 9.59 Å². The normalized spacial score (nSPS) is 25.5. The quantitative estimate of drug-likeness (QED) is 0.779. The number of halogens is 1. The average Bonchev–Trinajstić information content (AvgIpc) is 3.12. The van der Waals surface area contributed by atoms with Crippen LogP contribution in [0, 0.1) is 11.8 Å². The molecule has 3 atom stereocenters. The van der Waals surface area contributed by atoms with E-state index in [-0.39, 0.29) is 28.9 Å². The summed E-state index contributed by atoms with van der Waals surface area (Å²) in [5.41, 5.74) is 2.79. The lowest BCUT2D eigenvalue weighted by Crippen LogP contribution is -2.33. The molecule has 2 aromatic carbocycles. The molecule has 5 rings (SSSR count). The topological polar surface area (TPSA) is 63.7 Å². The van der Waals surface area contributed by atoms with E-state index in [1.165, 1.54) is 0 Å². The van der Waals surface area contributed by atoms with Gasteiger partial charge in [0.15, 0.2) is 0 Å². The fraction of sp³-hybridized carbons (Fsp3) is 0.211. The molecule has 2 aromatic rings. The summed E-state index contributed by atoms with van der Waals surface area (Å²) in [5, 5.41) is 1.27. The van der Waals surface area contributed by atoms with Crippen molar-refractivity contribution in [3.63, 3.8) is 0 Å². The molecule has 0 aromatic heterocycles. The molecule has 0 bridgehead atoms. The molecular weight excluding hydrogens is 342 g/mol. The minimum atomic E-state index is -0.591. The highest BCUT2D eigenvalue weighted by Gasteiger charge is 2.61. The largest absolute Gasteiger partial charge is 0.337 e. The Labute approximate surface area is 148 Å². The lowest BCUT2D eigenvalue weighted by atomic mass is 10.0. The summed E-state index contributed by atoms with van der Waals surface area (Å²) >= 11 is 6.00. The van der Waals surface area contributed by atoms with Crippen molar-refractivity contribution >= 4 is 29.4 Å². The predicted molar refractivity (Wildman–Crippen MR) is 87.9 cm³/mol. The number of carbonyl (C=O) groups is 3. The van der Waals surface area contributed by atoms with E-state index < -0.39 is 17.8 Å². The van der Waals surface area contributed by atoms with Crippen LogP contribution in [0.3, 0.4) is 0 Å². The molecule has 2 aliphatic carbocycles. The summed E-state index contributed by atoms with van der Waals surface area (Å²) in [4.78, 5) is 42.2. The first kappa shape index (κ1) is 14.7. The van der Waals surface area contributed by atoms with E-state index in [2.05, 4.69) is 0 Å². The molecular formula is C19H12ClNO4. The second-order valence-corrected chi connectivity index (χ2v) is 7.06. The molecule has 124 valence electrons. The molecule has 1 fully saturated rings. The third kappa shape index (κ3) is 1.99. The molecule has 0 radical (unpaired) electrons. The van der Waals surface area contributed by atoms with Gasteiger partial charge in [0.25, 0.3) is 11.8 Å². The van der Waals surface area contributed by atoms with Crippen LogP contribution in [0.4, 0.5) is 0 Å². The first-order chi connectivity index (χ1) is 12.1. The number of benzene rings is 2. The lowest BCUT2D eigenvalue weighted by Gasteiger charge is -2.14. The van der Waals surface area contributed by atoms with Crippen molar-refractivity contribution in [1.82, 2.24) is 5.06 Å². The Morgan fingerprint density at radius 1 is 1.08 bits per heavy atom. The zero-order valence-corrected chi connectivity index (χ0v) is 13.7. The molecule has 3 unspecified atom stereocenters. The molecule has 1 saturated carbocycles. The SMILES string of the molecule is O=C(ON1C(=O)c2ccccc2C1=O)C1C2Cc3cc(Cl)ccc3C21. The molecule has 0 N–H and O–H groups in total. The van der Waals surface area contributed by atoms with Gasteiger partial charge in [-0.25, -0.2) is 4.79 Å². The second kappa shape index (κ2) is 4.92. The first-order valence-electron chi connectivity index (χ1n) is 8.04. The average molecular weight is 354 g/mol. The second-order valence-electron chi connectivity index (χ2n) is 6.62. The summed E-state index contributed by atoms with van der Waals surface area (Å²) in [6.07, 6.45) is 0.766. The maximum absolute atomic E-state index is 12.5. The third-order valence-electron chi connectivity index (χ3n) is 5.30. The van der Waals surface area contributed by atoms with Crippen molar-refractivity contribution in [3.8, 4) is 0 Å². The Kier molecular flexibility index (Phi) is 2.89. The van der Waals surface area contributed by atoms with Crippen molar-refractivity contribution in [2.75, 3.05) is 0 Å². The lowest BCUT2D eigenvalue weighted by molar-refractivity contribution is -0.170. The zero-order chi connectivity index (χ0) is 17.3. The number of imide groups is 1. The van der Waals surface area contributed by atoms with Gasteiger partial charge in [0.05, 0.1) is 17.0 Å². The van der Waals surface area contributed by atoms with Gasteiger partial charge in [-0.15, -0.1) is 0 Å². The summed E-state index contributed by atoms with van der Waals surface area (Å²) in [5.74, 6) is -1.76. The Balaban J connectivity index is 1.34. The van der Waals surface area contributed by atoms with Crippen molar-refractivity contribution < 1.29 is 19.2 Å². The fourth-order valence-corrected chi connectivity index (χ4v) is 4.30. The minimum Gasteiger partial charge on any atom is -0.329 e. The van der Waals surface area contributed by atoms with Crippen molar-refractivity contribution in [2.24, 2.45) is 11.8 Å². The zero-order valence-electron chi connectivity index (χ0n) is 12.9. The van der Waals surface area contributed by atoms with E-state index in [1.807, 2.05) is 18.2 Å². The van der Waals surface area contributed by atoms with Crippen LogP contribution in [0.5, 0.6) is 0 Å². The molecule has 6 heteroatoms. The number of hydroxylamine groups is 2. The number of nitrogens with zero attached hydrogens (tertiary/aromatic N) is 1. The molecule has 5 nitrogen and oxygen atoms in total. The molecule has 0 saturated heterocycles. The summed E-state index contributed by atoms with van der Waals surface area (Å²) in [7, 11) is 0. The molecule has 2 amide bonds. The summed E-state index contributed by atoms with van der Waals surface area (Å²) in [6, 6.07) is 12.1. The van der Waals surface area contributed by atoms with E-state index in [0.29, 0.717) is 10.1 Å². The Morgan fingerprint density at radius 3 is 2.44 bits per heavy atom. The number of rotatable bonds is 2. The third-order valence-corrected chi connectivity index (χ3v) is 5.53. The van der Waals surface area contributed by atoms with Gasteiger partial charge in [0, 0.05) is 10.9 Å². The fourth-order valence-electron chi connectivity index (χ4n) is 4.10. The van der Waals surface area contributed by atoms with Crippen LogP contribution in [0.1, 0.15) is 37.8 Å². The predicted octanol–water partition coefficient (Wildman–Crippen LogP) is 2.98. The van der Waals surface area contributed by atoms with Crippen LogP contribution in [0.15, 0.2) is 42.5 Å². The van der Waals surface area contributed by atoms with Crippen LogP contribution in [-0.2, 0) is 16.1 Å². The number of hydrogen-bond donors (Lipinski definition) is 0. The molecule has 3 aliphatic rings. The number of carbonyl (C=O) groups excluding carboxylic acids is 3. The number of amides is 2. The van der Waals surface area contributed by atoms with Crippen LogP contribution in [-0.4, -0.2) is 22.8 Å². The van der Waals surface area contributed by atoms with E-state index in [0.717, 1.165) is 17.5 Å². The number of fused-ring (bicyclic) bond motifs is 4. The van der Waals surface area contributed by atoms with Gasteiger partial charge in [-0.2, -0.15) is 0 Å². The maximum atomic E-state index is 12.5. The van der Waals surface area contributed by atoms with Crippen LogP contribution in [0.2, 0.25) is 5.02 Å². The summed E-state index contributed by atoms with van der Waals surface area (Å²) < 4.78 is 0. The maximum Gasteiger partial charge on any atom is 0.337 e. The van der Waals surface area contributed by atoms with Crippen molar-refractivity contribution in [1.29, 1.82) is 0 Å². The monoisotopic (exact) mass is 353 g/mol. The van der Waals surface area contributed by atoms with E-state index in [9.17, 15) is 14.4 Å². The Morgan fingerprint density at radius 2 is 1.76 bits per heavy atom. The highest BCUT2D eigenvalue weighted by atomic mass is 35.5. The van der Waals surface area contributed by atoms with Crippen LogP contribution in [0.25, 0.3) is 0 Å². The standard InChI is InChI=1S/C19H12ClNO4/c20-10-5-6-11-9(7-10)8-14-15(11)16(14)19(24)25-21-17(22)12-3-1-2-4-13(12)18(21)23/h1-7,14-16H,8H2. The van der Waals surface area contributed by atoms with Gasteiger partial charge in [0.2, 0.25) is 0 Å². The van der Waals surface area contributed by atoms with Crippen LogP contribution >= 0.6 is 11.6 Å². The van der Waals surface area contributed by atoms with Gasteiger partial charge in [-0.1, -0.05) is 34.9 Å². The van der Waals surface area contributed by atoms with E-state index in [1.54, 1.807) is 24.3 Å². The molecule has 0 spiro atoms. The highest BCUT2D eigenvalue weighted by Crippen LogP contribution is 2.62. The molecule has 1 aliphatic heterocycles. The molecule has 25 heavy (non-hydrogen) atoms. The van der Waals surface area contributed by atoms with Gasteiger partial charge in [0.1, 0.15) is 0 Å². The van der Waals surface area contributed by atoms with Crippen molar-refractivity contribution in [3.05, 3.63) is 69.7 Å². The van der Waals surface area contributed by atoms with E-state index >= 15 is 0 Å². The van der Waals surface area contributed by atoms with Crippen LogP contribution < -0.4 is 0 Å². The highest BCUT2D eigenvalue weighted by molar-refractivity contribution is 6.30. The first-order valence-corrected chi connectivity index (χ1v) is 8.42. The van der Waals surface area contributed by atoms with Gasteiger partial charge < -0.3 is 4.84 Å². The summed E-state index contributed by atoms with van der Waals surface area (Å²) in [6.45, 7) is 0. The van der Waals surface area contributed by atoms with Gasteiger partial charge >= 0.3 is 5.97 Å². The molecule has 1 heterocycles. The van der Waals surface area contributed by atoms with E-state index in [4.69, 9.17) is 16.4 Å². The Bertz CT molecular complexity index is 935. The van der Waals surface area contributed by atoms with Gasteiger partial charge in [-0.05, 0) is 47.7 Å².